The molecule has 0 aromatic heterocycles. The molecule has 0 spiro atoms. The highest BCUT2D eigenvalue weighted by molar-refractivity contribution is 5.70. The first-order valence-electron chi connectivity index (χ1n) is 38.0. The Labute approximate surface area is 560 Å². The van der Waals surface area contributed by atoms with Crippen molar-refractivity contribution in [3.63, 3.8) is 0 Å². The van der Waals surface area contributed by atoms with Crippen LogP contribution in [0.2, 0.25) is 0 Å². The zero-order chi connectivity index (χ0) is 66.1. The summed E-state index contributed by atoms with van der Waals surface area (Å²) in [5.74, 6) is -0.514. The molecule has 0 fully saturated rings. The first-order chi connectivity index (χ1) is 44.8. The summed E-state index contributed by atoms with van der Waals surface area (Å²) < 4.78 is 23.1. The van der Waals surface area contributed by atoms with E-state index in [-0.39, 0.29) is 55.5 Å². The molecule has 0 bridgehead atoms. The lowest BCUT2D eigenvalue weighted by Gasteiger charge is -2.21. The highest BCUT2D eigenvalue weighted by Gasteiger charge is 2.16. The summed E-state index contributed by atoms with van der Waals surface area (Å²) in [5.41, 5.74) is 0. The van der Waals surface area contributed by atoms with Crippen molar-refractivity contribution in [3.05, 3.63) is 97.2 Å². The summed E-state index contributed by atoms with van der Waals surface area (Å²) in [5, 5.41) is 9.46. The van der Waals surface area contributed by atoms with Gasteiger partial charge in [0.15, 0.2) is 0 Å². The van der Waals surface area contributed by atoms with E-state index in [2.05, 4.69) is 125 Å². The second-order valence-electron chi connectivity index (χ2n) is 25.2. The summed E-state index contributed by atoms with van der Waals surface area (Å²) in [6, 6.07) is 0. The van der Waals surface area contributed by atoms with E-state index in [0.29, 0.717) is 52.1 Å². The van der Waals surface area contributed by atoms with Crippen LogP contribution in [0.25, 0.3) is 0 Å². The van der Waals surface area contributed by atoms with Crippen LogP contribution in [0.15, 0.2) is 97.2 Å². The first-order valence-corrected chi connectivity index (χ1v) is 38.0. The van der Waals surface area contributed by atoms with E-state index in [4.69, 9.17) is 18.9 Å². The second-order valence-corrected chi connectivity index (χ2v) is 25.2. The molecule has 0 radical (unpaired) electrons. The van der Waals surface area contributed by atoms with E-state index in [1.54, 1.807) is 0 Å². The molecule has 0 saturated heterocycles. The van der Waals surface area contributed by atoms with Gasteiger partial charge in [-0.15, -0.1) is 0 Å². The predicted molar refractivity (Wildman–Crippen MR) is 387 cm³/mol. The van der Waals surface area contributed by atoms with Gasteiger partial charge in [-0.2, -0.15) is 0 Å². The van der Waals surface area contributed by atoms with Gasteiger partial charge in [-0.3, -0.25) is 19.2 Å². The van der Waals surface area contributed by atoms with Crippen molar-refractivity contribution in [1.29, 1.82) is 0 Å². The van der Waals surface area contributed by atoms with E-state index < -0.39 is 0 Å². The van der Waals surface area contributed by atoms with Crippen molar-refractivity contribution in [2.75, 3.05) is 39.5 Å². The Hall–Kier alpha value is -4.28. The average molecular weight is 1270 g/mol. The highest BCUT2D eigenvalue weighted by atomic mass is 16.6. The smallest absolute Gasteiger partial charge is 0.307 e. The van der Waals surface area contributed by atoms with Crippen molar-refractivity contribution in [1.82, 2.24) is 4.90 Å². The lowest BCUT2D eigenvalue weighted by atomic mass is 10.1. The van der Waals surface area contributed by atoms with Crippen LogP contribution in [-0.4, -0.2) is 85.5 Å². The summed E-state index contributed by atoms with van der Waals surface area (Å²) in [4.78, 5) is 52.8. The number of unbranched alkanes of at least 4 members (excludes halogenated alkanes) is 28. The second kappa shape index (κ2) is 73.1. The minimum atomic E-state index is -0.220. The van der Waals surface area contributed by atoms with Gasteiger partial charge in [0.05, 0.1) is 26.1 Å². The lowest BCUT2D eigenvalue weighted by molar-refractivity contribution is -0.150. The quantitative estimate of drug-likeness (QED) is 0.0272. The molecule has 0 aliphatic carbocycles. The Balaban J connectivity index is 4.18. The van der Waals surface area contributed by atoms with Gasteiger partial charge in [0.25, 0.3) is 0 Å². The summed E-state index contributed by atoms with van der Waals surface area (Å²) >= 11 is 0. The fourth-order valence-electron chi connectivity index (χ4n) is 10.8. The Morgan fingerprint density at radius 1 is 0.319 bits per heavy atom. The molecule has 2 atom stereocenters. The van der Waals surface area contributed by atoms with Crippen LogP contribution in [-0.2, 0) is 38.1 Å². The molecule has 0 rings (SSSR count). The number of aliphatic hydroxyl groups excluding tert-OH is 1. The molecule has 1 N–H and O–H groups in total. The molecule has 0 saturated carbocycles. The van der Waals surface area contributed by atoms with E-state index in [1.807, 2.05) is 4.90 Å². The molecule has 0 aromatic rings. The van der Waals surface area contributed by atoms with Crippen molar-refractivity contribution in [2.24, 2.45) is 0 Å². The van der Waals surface area contributed by atoms with Gasteiger partial charge in [-0.1, -0.05) is 253 Å². The van der Waals surface area contributed by atoms with Gasteiger partial charge in [-0.05, 0) is 148 Å². The molecule has 2 unspecified atom stereocenters. The number of carbonyl (C=O) groups excluding carboxylic acids is 4. The van der Waals surface area contributed by atoms with Crippen molar-refractivity contribution < 1.29 is 43.2 Å². The predicted octanol–water partition coefficient (Wildman–Crippen LogP) is 22.8. The Morgan fingerprint density at radius 2 is 0.637 bits per heavy atom. The SMILES string of the molecule is CC/C=C\C/C=C\C/C=C\CCCCCCCC(=O)OC(C/C=C\CCCCCCCCOC(=O)CCN(CCCO)CCC(=O)OCCCCCCCC/C=C\CC(CCCCCC)OC(=O)CCCCCCC/C=C\C/C=C\C/C=C\CC)CCCCCC. The maximum atomic E-state index is 12.8. The zero-order valence-electron chi connectivity index (χ0n) is 59.4. The van der Waals surface area contributed by atoms with E-state index >= 15 is 0 Å². The van der Waals surface area contributed by atoms with Crippen molar-refractivity contribution in [2.45, 2.75) is 355 Å². The maximum Gasteiger partial charge on any atom is 0.307 e. The number of rotatable bonds is 69. The fourth-order valence-corrected chi connectivity index (χ4v) is 10.8. The number of carbonyl (C=O) groups is 4. The number of ether oxygens (including phenoxy) is 4. The Bertz CT molecular complexity index is 1730. The van der Waals surface area contributed by atoms with E-state index in [9.17, 15) is 24.3 Å². The maximum absolute atomic E-state index is 12.8. The number of allylic oxidation sites excluding steroid dienone is 14. The first kappa shape index (κ1) is 86.7. The molecule has 10 heteroatoms. The largest absolute Gasteiger partial charge is 0.466 e. The standard InChI is InChI=1S/C81H141NO9/c1-5-9-13-17-19-21-23-25-27-29-31-37-43-49-57-66-80(86)90-76(62-53-15-11-7-3)64-55-47-41-35-33-39-45-51-59-74-88-78(84)68-71-82(70-61-73-83)72-69-79(85)89-75-60-52-46-40-34-36-42-48-56-65-77(63-54-16-12-8-4)91-81(87)67-58-50-44-38-32-30-28-26-24-22-20-18-14-10-6-2/h9-10,13-14,19-22,25-28,47-48,55-56,76-77,83H,5-8,11-12,15-18,23-24,29-46,49-54,57-75H2,1-4H3/b13-9-,14-10-,21-19-,22-20-,27-25-,28-26-,55-47-,56-48-. The Kier molecular flexibility index (Phi) is 69.7. The van der Waals surface area contributed by atoms with Crippen molar-refractivity contribution >= 4 is 23.9 Å². The van der Waals surface area contributed by atoms with Crippen LogP contribution in [0, 0.1) is 0 Å². The van der Waals surface area contributed by atoms with Gasteiger partial charge in [0.2, 0.25) is 0 Å². The average Bonchev–Trinajstić information content (AvgIpc) is 3.74. The summed E-state index contributed by atoms with van der Waals surface area (Å²) in [6.07, 6.45) is 85.7. The van der Waals surface area contributed by atoms with Crippen LogP contribution >= 0.6 is 0 Å². The third-order valence-electron chi connectivity index (χ3n) is 16.5. The van der Waals surface area contributed by atoms with Crippen LogP contribution < -0.4 is 0 Å². The monoisotopic (exact) mass is 1270 g/mol. The fraction of sp³-hybridized carbons (Fsp3) is 0.753. The minimum Gasteiger partial charge on any atom is -0.466 e. The third kappa shape index (κ3) is 68.4. The van der Waals surface area contributed by atoms with Crippen molar-refractivity contribution in [3.8, 4) is 0 Å². The van der Waals surface area contributed by atoms with Gasteiger partial charge in [-0.25, -0.2) is 0 Å². The zero-order valence-corrected chi connectivity index (χ0v) is 59.4. The van der Waals surface area contributed by atoms with Crippen LogP contribution in [0.3, 0.4) is 0 Å². The molecule has 0 aliphatic heterocycles. The molecule has 524 valence electrons. The molecular weight excluding hydrogens is 1130 g/mol. The Morgan fingerprint density at radius 3 is 1.00 bits per heavy atom. The van der Waals surface area contributed by atoms with Gasteiger partial charge in [0.1, 0.15) is 12.2 Å². The van der Waals surface area contributed by atoms with Crippen LogP contribution in [0.4, 0.5) is 0 Å². The van der Waals surface area contributed by atoms with Crippen LogP contribution in [0.5, 0.6) is 0 Å². The number of hydrogen-bond donors (Lipinski definition) is 1. The van der Waals surface area contributed by atoms with E-state index in [1.165, 1.54) is 89.9 Å². The lowest BCUT2D eigenvalue weighted by Crippen LogP contribution is -2.31. The number of nitrogens with zero attached hydrogens (tertiary/aromatic N) is 1. The normalized spacial score (nSPS) is 12.9. The molecule has 10 nitrogen and oxygen atoms in total. The van der Waals surface area contributed by atoms with Gasteiger partial charge in [0, 0.05) is 51.9 Å². The summed E-state index contributed by atoms with van der Waals surface area (Å²) in [6.45, 7) is 11.3. The molecule has 0 heterocycles. The molecule has 0 aliphatic rings. The third-order valence-corrected chi connectivity index (χ3v) is 16.5. The summed E-state index contributed by atoms with van der Waals surface area (Å²) in [7, 11) is 0. The molecular formula is C81H141NO9. The molecule has 91 heavy (non-hydrogen) atoms. The number of esters is 4. The van der Waals surface area contributed by atoms with Gasteiger partial charge >= 0.3 is 23.9 Å². The minimum absolute atomic E-state index is 0.0214. The molecule has 0 aromatic carbocycles. The molecule has 0 amide bonds. The topological polar surface area (TPSA) is 129 Å². The highest BCUT2D eigenvalue weighted by Crippen LogP contribution is 2.19. The number of hydrogen-bond acceptors (Lipinski definition) is 10. The van der Waals surface area contributed by atoms with Gasteiger partial charge < -0.3 is 29.0 Å². The van der Waals surface area contributed by atoms with Crippen LogP contribution in [0.1, 0.15) is 342 Å². The van der Waals surface area contributed by atoms with E-state index in [0.717, 1.165) is 193 Å². The number of aliphatic hydroxyl groups is 1.